The standard InChI is InChI=1S/C12H11ClN2O4/c1-18-9-4-3-6(11(19-2)10(9)13)7-5-8(12(16)17)15-14-7/h3-5H,1-2H3,(H,14,15)(H,16,17). The van der Waals surface area contributed by atoms with Gasteiger partial charge in [0.05, 0.1) is 19.9 Å². The minimum absolute atomic E-state index is 0.0102. The number of aromatic nitrogens is 2. The smallest absolute Gasteiger partial charge is 0.353 e. The highest BCUT2D eigenvalue weighted by Crippen LogP contribution is 2.41. The van der Waals surface area contributed by atoms with Crippen molar-refractivity contribution in [2.24, 2.45) is 0 Å². The van der Waals surface area contributed by atoms with Gasteiger partial charge in [-0.3, -0.25) is 5.10 Å². The fraction of sp³-hybridized carbons (Fsp3) is 0.167. The molecule has 2 rings (SSSR count). The molecule has 6 nitrogen and oxygen atoms in total. The Morgan fingerprint density at radius 1 is 1.37 bits per heavy atom. The van der Waals surface area contributed by atoms with Gasteiger partial charge in [0.1, 0.15) is 16.5 Å². The second-order valence-corrected chi connectivity index (χ2v) is 4.01. The maximum atomic E-state index is 10.8. The van der Waals surface area contributed by atoms with Crippen LogP contribution in [0.5, 0.6) is 11.5 Å². The van der Waals surface area contributed by atoms with Crippen molar-refractivity contribution in [2.45, 2.75) is 0 Å². The van der Waals surface area contributed by atoms with Gasteiger partial charge < -0.3 is 14.6 Å². The van der Waals surface area contributed by atoms with Crippen LogP contribution in [0.3, 0.4) is 0 Å². The van der Waals surface area contributed by atoms with E-state index in [1.807, 2.05) is 0 Å². The van der Waals surface area contributed by atoms with E-state index in [-0.39, 0.29) is 5.69 Å². The SMILES string of the molecule is COc1ccc(-c2cc(C(=O)O)[nH]n2)c(OC)c1Cl. The lowest BCUT2D eigenvalue weighted by Gasteiger charge is -2.11. The molecule has 1 aromatic carbocycles. The first-order chi connectivity index (χ1) is 9.08. The Morgan fingerprint density at radius 2 is 2.11 bits per heavy atom. The average Bonchev–Trinajstić information content (AvgIpc) is 2.87. The van der Waals surface area contributed by atoms with Crippen LogP contribution in [0.15, 0.2) is 18.2 Å². The molecule has 0 amide bonds. The summed E-state index contributed by atoms with van der Waals surface area (Å²) in [5.41, 5.74) is 1.000. The largest absolute Gasteiger partial charge is 0.495 e. The van der Waals surface area contributed by atoms with Crippen molar-refractivity contribution in [1.29, 1.82) is 0 Å². The number of rotatable bonds is 4. The molecule has 1 heterocycles. The average molecular weight is 283 g/mol. The molecular weight excluding hydrogens is 272 g/mol. The molecule has 0 spiro atoms. The summed E-state index contributed by atoms with van der Waals surface area (Å²) >= 11 is 6.13. The first-order valence-electron chi connectivity index (χ1n) is 5.28. The highest BCUT2D eigenvalue weighted by atomic mass is 35.5. The van der Waals surface area contributed by atoms with Gasteiger partial charge in [-0.05, 0) is 18.2 Å². The van der Waals surface area contributed by atoms with Crippen molar-refractivity contribution >= 4 is 17.6 Å². The number of aromatic amines is 1. The fourth-order valence-electron chi connectivity index (χ4n) is 1.67. The first-order valence-corrected chi connectivity index (χ1v) is 5.65. The quantitative estimate of drug-likeness (QED) is 0.900. The molecule has 2 N–H and O–H groups in total. The third kappa shape index (κ3) is 2.34. The third-order valence-corrected chi connectivity index (χ3v) is 2.93. The van der Waals surface area contributed by atoms with Crippen LogP contribution >= 0.6 is 11.6 Å². The van der Waals surface area contributed by atoms with E-state index in [0.717, 1.165) is 0 Å². The summed E-state index contributed by atoms with van der Waals surface area (Å²) in [6, 6.07) is 4.77. The number of hydrogen-bond acceptors (Lipinski definition) is 4. The van der Waals surface area contributed by atoms with Crippen LogP contribution in [0.4, 0.5) is 0 Å². The Hall–Kier alpha value is -2.21. The van der Waals surface area contributed by atoms with E-state index >= 15 is 0 Å². The molecule has 0 aliphatic rings. The van der Waals surface area contributed by atoms with E-state index in [1.54, 1.807) is 12.1 Å². The van der Waals surface area contributed by atoms with Gasteiger partial charge in [-0.2, -0.15) is 5.10 Å². The van der Waals surface area contributed by atoms with E-state index in [4.69, 9.17) is 26.2 Å². The van der Waals surface area contributed by atoms with Crippen molar-refractivity contribution < 1.29 is 19.4 Å². The Kier molecular flexibility index (Phi) is 3.62. The van der Waals surface area contributed by atoms with E-state index in [0.29, 0.717) is 27.8 Å². The zero-order chi connectivity index (χ0) is 14.0. The van der Waals surface area contributed by atoms with E-state index in [2.05, 4.69) is 10.2 Å². The zero-order valence-electron chi connectivity index (χ0n) is 10.2. The normalized spacial score (nSPS) is 10.3. The molecule has 0 saturated heterocycles. The second kappa shape index (κ2) is 5.19. The maximum Gasteiger partial charge on any atom is 0.353 e. The molecule has 0 aliphatic heterocycles. The van der Waals surface area contributed by atoms with Crippen LogP contribution in [-0.2, 0) is 0 Å². The van der Waals surface area contributed by atoms with Crippen molar-refractivity contribution in [1.82, 2.24) is 10.2 Å². The van der Waals surface area contributed by atoms with Gasteiger partial charge in [-0.15, -0.1) is 0 Å². The molecule has 0 atom stereocenters. The zero-order valence-corrected chi connectivity index (χ0v) is 11.0. The highest BCUT2D eigenvalue weighted by Gasteiger charge is 2.17. The number of H-pyrrole nitrogens is 1. The van der Waals surface area contributed by atoms with Gasteiger partial charge in [-0.25, -0.2) is 4.79 Å². The van der Waals surface area contributed by atoms with Crippen LogP contribution < -0.4 is 9.47 Å². The number of carboxylic acids is 1. The third-order valence-electron chi connectivity index (χ3n) is 2.57. The minimum Gasteiger partial charge on any atom is -0.495 e. The summed E-state index contributed by atoms with van der Waals surface area (Å²) in [4.78, 5) is 10.8. The number of carboxylic acid groups (broad SMARTS) is 1. The number of benzene rings is 1. The molecule has 0 unspecified atom stereocenters. The molecule has 0 bridgehead atoms. The minimum atomic E-state index is -1.09. The van der Waals surface area contributed by atoms with E-state index < -0.39 is 5.97 Å². The van der Waals surface area contributed by atoms with Crippen molar-refractivity contribution in [2.75, 3.05) is 14.2 Å². The number of ether oxygens (including phenoxy) is 2. The number of aromatic carboxylic acids is 1. The Balaban J connectivity index is 2.55. The molecule has 2 aromatic rings. The van der Waals surface area contributed by atoms with Gasteiger partial charge in [0.15, 0.2) is 5.75 Å². The predicted molar refractivity (Wildman–Crippen MR) is 69.1 cm³/mol. The summed E-state index contributed by atoms with van der Waals surface area (Å²) in [6.07, 6.45) is 0. The highest BCUT2D eigenvalue weighted by molar-refractivity contribution is 6.34. The van der Waals surface area contributed by atoms with E-state index in [1.165, 1.54) is 20.3 Å². The van der Waals surface area contributed by atoms with Crippen molar-refractivity contribution in [3.8, 4) is 22.8 Å². The molecule has 1 aromatic heterocycles. The van der Waals surface area contributed by atoms with E-state index in [9.17, 15) is 4.79 Å². The topological polar surface area (TPSA) is 84.4 Å². The lowest BCUT2D eigenvalue weighted by Crippen LogP contribution is -1.95. The van der Waals surface area contributed by atoms with Crippen LogP contribution in [-0.4, -0.2) is 35.5 Å². The van der Waals surface area contributed by atoms with Gasteiger partial charge in [0.2, 0.25) is 0 Å². The fourth-order valence-corrected chi connectivity index (χ4v) is 1.99. The molecular formula is C12H11ClN2O4. The summed E-state index contributed by atoms with van der Waals surface area (Å²) in [5, 5.41) is 15.5. The molecule has 19 heavy (non-hydrogen) atoms. The summed E-state index contributed by atoms with van der Waals surface area (Å²) in [6.45, 7) is 0. The molecule has 7 heteroatoms. The van der Waals surface area contributed by atoms with Gasteiger partial charge in [0, 0.05) is 5.56 Å². The number of methoxy groups -OCH3 is 2. The van der Waals surface area contributed by atoms with Gasteiger partial charge in [-0.1, -0.05) is 11.6 Å². The first kappa shape index (κ1) is 13.2. The van der Waals surface area contributed by atoms with Crippen molar-refractivity contribution in [3.05, 3.63) is 28.9 Å². The molecule has 0 radical (unpaired) electrons. The Bertz CT molecular complexity index is 624. The van der Waals surface area contributed by atoms with Crippen LogP contribution in [0.1, 0.15) is 10.5 Å². The molecule has 0 saturated carbocycles. The van der Waals surface area contributed by atoms with Crippen molar-refractivity contribution in [3.63, 3.8) is 0 Å². The predicted octanol–water partition coefficient (Wildman–Crippen LogP) is 2.45. The number of carbonyl (C=O) groups is 1. The lowest BCUT2D eigenvalue weighted by atomic mass is 10.1. The number of nitrogens with one attached hydrogen (secondary N) is 1. The molecule has 100 valence electrons. The summed E-state index contributed by atoms with van der Waals surface area (Å²) in [7, 11) is 2.96. The second-order valence-electron chi connectivity index (χ2n) is 3.63. The summed E-state index contributed by atoms with van der Waals surface area (Å²) in [5.74, 6) is -0.238. The summed E-state index contributed by atoms with van der Waals surface area (Å²) < 4.78 is 10.3. The van der Waals surface area contributed by atoms with Crippen LogP contribution in [0.2, 0.25) is 5.02 Å². The lowest BCUT2D eigenvalue weighted by molar-refractivity contribution is 0.0690. The number of halogens is 1. The van der Waals surface area contributed by atoms with Crippen LogP contribution in [0.25, 0.3) is 11.3 Å². The van der Waals surface area contributed by atoms with Crippen LogP contribution in [0, 0.1) is 0 Å². The molecule has 0 fully saturated rings. The van der Waals surface area contributed by atoms with Gasteiger partial charge >= 0.3 is 5.97 Å². The maximum absolute atomic E-state index is 10.8. The number of hydrogen-bond donors (Lipinski definition) is 2. The number of nitrogens with zero attached hydrogens (tertiary/aromatic N) is 1. The Morgan fingerprint density at radius 3 is 2.63 bits per heavy atom. The molecule has 0 aliphatic carbocycles. The van der Waals surface area contributed by atoms with Gasteiger partial charge in [0.25, 0.3) is 0 Å². The Labute approximate surface area is 113 Å². The monoisotopic (exact) mass is 282 g/mol.